The molecular weight excluding hydrogens is 312 g/mol. The molecule has 25 heavy (non-hydrogen) atoms. The topological polar surface area (TPSA) is 43.4 Å². The van der Waals surface area contributed by atoms with Gasteiger partial charge in [-0.2, -0.15) is 0 Å². The third-order valence-corrected chi connectivity index (χ3v) is 8.23. The van der Waals surface area contributed by atoms with E-state index < -0.39 is 5.60 Å². The number of ether oxygens (including phenoxy) is 1. The van der Waals surface area contributed by atoms with Gasteiger partial charge in [0.15, 0.2) is 11.4 Å². The van der Waals surface area contributed by atoms with Gasteiger partial charge in [0.25, 0.3) is 6.47 Å². The van der Waals surface area contributed by atoms with E-state index >= 15 is 0 Å². The molecule has 0 heterocycles. The van der Waals surface area contributed by atoms with Crippen LogP contribution in [0.25, 0.3) is 0 Å². The number of terminal acetylenes is 1. The van der Waals surface area contributed by atoms with E-state index in [0.717, 1.165) is 51.4 Å². The van der Waals surface area contributed by atoms with Crippen LogP contribution in [-0.4, -0.2) is 17.9 Å². The average Bonchev–Trinajstić information content (AvgIpc) is 2.96. The van der Waals surface area contributed by atoms with E-state index in [2.05, 4.69) is 12.8 Å². The Bertz CT molecular complexity index is 657. The van der Waals surface area contributed by atoms with Gasteiger partial charge in [-0.15, -0.1) is 6.42 Å². The number of allylic oxidation sites excluding steroid dienone is 1. The van der Waals surface area contributed by atoms with Crippen molar-refractivity contribution in [3.05, 3.63) is 11.6 Å². The van der Waals surface area contributed by atoms with E-state index in [0.29, 0.717) is 42.3 Å². The van der Waals surface area contributed by atoms with Crippen molar-refractivity contribution >= 4 is 12.3 Å². The number of fused-ring (bicyclic) bond motifs is 5. The predicted octanol–water partition coefficient (Wildman–Crippen LogP) is 4.06. The fourth-order valence-corrected chi connectivity index (χ4v) is 7.23. The SMILES string of the molecule is C#CC1(OC=O)CC[C@H]2[C@@H]3CCC4=CC(=O)CC[C@@H]4[C@H]3CC[C@@]21CC. The standard InChI is InChI=1S/C22H28O3/c1-3-21-11-9-18-17-8-6-16(24)13-15(17)5-7-19(18)20(21)10-12-22(21,4-2)25-14-23/h2,13-14,17-20H,3,5-12H2,1H3/t17-,18+,19+,20-,21-,22?/m0/s1. The Morgan fingerprint density at radius 2 is 2.08 bits per heavy atom. The highest BCUT2D eigenvalue weighted by Crippen LogP contribution is 2.66. The zero-order valence-corrected chi connectivity index (χ0v) is 15.1. The number of carbonyl (C=O) groups excluding carboxylic acids is 2. The number of rotatable bonds is 3. The summed E-state index contributed by atoms with van der Waals surface area (Å²) >= 11 is 0. The molecule has 1 unspecified atom stereocenters. The highest BCUT2D eigenvalue weighted by molar-refractivity contribution is 5.91. The molecule has 4 aliphatic carbocycles. The minimum absolute atomic E-state index is 0.0600. The lowest BCUT2D eigenvalue weighted by Gasteiger charge is -2.56. The lowest BCUT2D eigenvalue weighted by atomic mass is 9.49. The maximum Gasteiger partial charge on any atom is 0.294 e. The third-order valence-electron chi connectivity index (χ3n) is 8.23. The van der Waals surface area contributed by atoms with Gasteiger partial charge in [0.1, 0.15) is 0 Å². The van der Waals surface area contributed by atoms with Gasteiger partial charge in [-0.1, -0.05) is 18.4 Å². The Kier molecular flexibility index (Phi) is 4.06. The molecular formula is C22H28O3. The van der Waals surface area contributed by atoms with Gasteiger partial charge in [-0.05, 0) is 81.1 Å². The predicted molar refractivity (Wildman–Crippen MR) is 95.4 cm³/mol. The van der Waals surface area contributed by atoms with E-state index in [4.69, 9.17) is 11.2 Å². The van der Waals surface area contributed by atoms with Crippen LogP contribution in [0, 0.1) is 41.4 Å². The van der Waals surface area contributed by atoms with Crippen molar-refractivity contribution in [1.82, 2.24) is 0 Å². The Balaban J connectivity index is 1.68. The van der Waals surface area contributed by atoms with Crippen LogP contribution in [0.4, 0.5) is 0 Å². The molecule has 6 atom stereocenters. The monoisotopic (exact) mass is 340 g/mol. The number of hydrogen-bond acceptors (Lipinski definition) is 3. The summed E-state index contributed by atoms with van der Waals surface area (Å²) in [6, 6.07) is 0. The summed E-state index contributed by atoms with van der Waals surface area (Å²) in [7, 11) is 0. The average molecular weight is 340 g/mol. The summed E-state index contributed by atoms with van der Waals surface area (Å²) < 4.78 is 5.63. The van der Waals surface area contributed by atoms with Crippen molar-refractivity contribution in [2.45, 2.75) is 70.3 Å². The molecule has 134 valence electrons. The summed E-state index contributed by atoms with van der Waals surface area (Å²) in [5, 5.41) is 0. The Hall–Kier alpha value is -1.56. The van der Waals surface area contributed by atoms with Gasteiger partial charge >= 0.3 is 0 Å². The molecule has 0 spiro atoms. The molecule has 3 nitrogen and oxygen atoms in total. The Morgan fingerprint density at radius 3 is 2.80 bits per heavy atom. The van der Waals surface area contributed by atoms with E-state index in [1.54, 1.807) is 0 Å². The van der Waals surface area contributed by atoms with Crippen molar-refractivity contribution in [3.63, 3.8) is 0 Å². The first kappa shape index (κ1) is 16.9. The van der Waals surface area contributed by atoms with Crippen molar-refractivity contribution in [2.75, 3.05) is 0 Å². The van der Waals surface area contributed by atoms with Crippen LogP contribution < -0.4 is 0 Å². The molecule has 3 fully saturated rings. The molecule has 0 aliphatic heterocycles. The lowest BCUT2D eigenvalue weighted by molar-refractivity contribution is -0.158. The second kappa shape index (κ2) is 6.01. The largest absolute Gasteiger partial charge is 0.447 e. The van der Waals surface area contributed by atoms with Crippen molar-refractivity contribution in [1.29, 1.82) is 0 Å². The first-order chi connectivity index (χ1) is 12.1. The Labute approximate surface area is 150 Å². The zero-order valence-electron chi connectivity index (χ0n) is 15.1. The summed E-state index contributed by atoms with van der Waals surface area (Å²) in [6.45, 7) is 2.78. The normalized spacial score (nSPS) is 45.4. The van der Waals surface area contributed by atoms with Gasteiger partial charge in [-0.3, -0.25) is 9.59 Å². The molecule has 4 aliphatic rings. The first-order valence-electron chi connectivity index (χ1n) is 9.93. The van der Waals surface area contributed by atoms with Crippen LogP contribution in [0.3, 0.4) is 0 Å². The molecule has 4 rings (SSSR count). The van der Waals surface area contributed by atoms with Crippen molar-refractivity contribution in [2.24, 2.45) is 29.1 Å². The molecule has 0 radical (unpaired) electrons. The highest BCUT2D eigenvalue weighted by atomic mass is 16.5. The molecule has 0 aromatic rings. The van der Waals surface area contributed by atoms with E-state index in [9.17, 15) is 9.59 Å². The van der Waals surface area contributed by atoms with Gasteiger partial charge in [0, 0.05) is 11.8 Å². The van der Waals surface area contributed by atoms with Gasteiger partial charge in [-0.25, -0.2) is 0 Å². The highest BCUT2D eigenvalue weighted by Gasteiger charge is 2.65. The summed E-state index contributed by atoms with van der Waals surface area (Å²) in [5.41, 5.74) is 0.639. The van der Waals surface area contributed by atoms with E-state index in [1.165, 1.54) is 5.57 Å². The minimum Gasteiger partial charge on any atom is -0.447 e. The third kappa shape index (κ3) is 2.19. The maximum absolute atomic E-state index is 11.8. The zero-order chi connectivity index (χ0) is 17.7. The number of ketones is 1. The smallest absolute Gasteiger partial charge is 0.294 e. The molecule has 0 N–H and O–H groups in total. The molecule has 3 heteroatoms. The molecule has 0 saturated heterocycles. The van der Waals surface area contributed by atoms with Crippen LogP contribution >= 0.6 is 0 Å². The second-order valence-electron chi connectivity index (χ2n) is 8.58. The molecule has 0 bridgehead atoms. The molecule has 3 saturated carbocycles. The van der Waals surface area contributed by atoms with Gasteiger partial charge < -0.3 is 4.74 Å². The second-order valence-corrected chi connectivity index (χ2v) is 8.58. The first-order valence-corrected chi connectivity index (χ1v) is 9.93. The fraction of sp³-hybridized carbons (Fsp3) is 0.727. The molecule has 0 amide bonds. The maximum atomic E-state index is 11.8. The van der Waals surface area contributed by atoms with Crippen LogP contribution in [0.1, 0.15) is 64.7 Å². The van der Waals surface area contributed by atoms with Gasteiger partial charge in [0.2, 0.25) is 0 Å². The van der Waals surface area contributed by atoms with Crippen LogP contribution in [-0.2, 0) is 14.3 Å². The summed E-state index contributed by atoms with van der Waals surface area (Å²) in [5.74, 6) is 5.72. The fourth-order valence-electron chi connectivity index (χ4n) is 7.23. The summed E-state index contributed by atoms with van der Waals surface area (Å²) in [4.78, 5) is 23.0. The number of carbonyl (C=O) groups is 2. The molecule has 0 aromatic heterocycles. The van der Waals surface area contributed by atoms with Crippen LogP contribution in [0.2, 0.25) is 0 Å². The van der Waals surface area contributed by atoms with Crippen LogP contribution in [0.15, 0.2) is 11.6 Å². The van der Waals surface area contributed by atoms with E-state index in [1.807, 2.05) is 6.08 Å². The summed E-state index contributed by atoms with van der Waals surface area (Å²) in [6.07, 6.45) is 16.9. The van der Waals surface area contributed by atoms with Gasteiger partial charge in [0.05, 0.1) is 0 Å². The molecule has 0 aromatic carbocycles. The van der Waals surface area contributed by atoms with E-state index in [-0.39, 0.29) is 5.41 Å². The van der Waals surface area contributed by atoms with Crippen LogP contribution in [0.5, 0.6) is 0 Å². The number of hydrogen-bond donors (Lipinski definition) is 0. The Morgan fingerprint density at radius 1 is 1.24 bits per heavy atom. The van der Waals surface area contributed by atoms with Crippen molar-refractivity contribution < 1.29 is 14.3 Å². The van der Waals surface area contributed by atoms with Crippen molar-refractivity contribution in [3.8, 4) is 12.3 Å². The quantitative estimate of drug-likeness (QED) is 0.575. The minimum atomic E-state index is -0.711. The lowest BCUT2D eigenvalue weighted by Crippen LogP contribution is -2.54.